The van der Waals surface area contributed by atoms with Gasteiger partial charge in [-0.15, -0.1) is 0 Å². The number of rotatable bonds is 5. The number of hydrogen-bond acceptors (Lipinski definition) is 3. The molecule has 0 spiro atoms. The summed E-state index contributed by atoms with van der Waals surface area (Å²) in [6, 6.07) is 12.7. The molecular formula is C23H27N3O3. The summed E-state index contributed by atoms with van der Waals surface area (Å²) in [5.41, 5.74) is 4.03. The van der Waals surface area contributed by atoms with Crippen LogP contribution in [0.4, 0.5) is 11.4 Å². The van der Waals surface area contributed by atoms with E-state index in [1.54, 1.807) is 29.2 Å². The molecule has 0 unspecified atom stereocenters. The lowest BCUT2D eigenvalue weighted by Crippen LogP contribution is -2.33. The monoisotopic (exact) mass is 393 g/mol. The highest BCUT2D eigenvalue weighted by Gasteiger charge is 2.35. The molecule has 2 N–H and O–H groups in total. The fraction of sp³-hybridized carbons (Fsp3) is 0.348. The van der Waals surface area contributed by atoms with E-state index in [2.05, 4.69) is 10.6 Å². The Labute approximate surface area is 171 Å². The lowest BCUT2D eigenvalue weighted by atomic mass is 10.1. The summed E-state index contributed by atoms with van der Waals surface area (Å²) in [5, 5.41) is 5.74. The zero-order valence-corrected chi connectivity index (χ0v) is 17.3. The summed E-state index contributed by atoms with van der Waals surface area (Å²) in [5.74, 6) is -0.716. The van der Waals surface area contributed by atoms with Gasteiger partial charge in [0.15, 0.2) is 0 Å². The van der Waals surface area contributed by atoms with Gasteiger partial charge in [-0.25, -0.2) is 0 Å². The van der Waals surface area contributed by atoms with Crippen molar-refractivity contribution >= 4 is 29.1 Å². The fourth-order valence-electron chi connectivity index (χ4n) is 3.61. The van der Waals surface area contributed by atoms with Crippen molar-refractivity contribution in [3.8, 4) is 0 Å². The van der Waals surface area contributed by atoms with E-state index >= 15 is 0 Å². The van der Waals surface area contributed by atoms with Crippen LogP contribution in [0.15, 0.2) is 42.5 Å². The average Bonchev–Trinajstić information content (AvgIpc) is 3.03. The van der Waals surface area contributed by atoms with Crippen LogP contribution in [-0.2, 0) is 9.59 Å². The molecule has 29 heavy (non-hydrogen) atoms. The summed E-state index contributed by atoms with van der Waals surface area (Å²) in [6.45, 7) is 8.30. The smallest absolute Gasteiger partial charge is 0.255 e. The van der Waals surface area contributed by atoms with Crippen LogP contribution in [0.3, 0.4) is 0 Å². The first kappa shape index (κ1) is 20.6. The number of amides is 3. The minimum Gasteiger partial charge on any atom is -0.339 e. The first-order valence-electron chi connectivity index (χ1n) is 9.83. The highest BCUT2D eigenvalue weighted by atomic mass is 16.2. The first-order chi connectivity index (χ1) is 13.7. The van der Waals surface area contributed by atoms with Crippen molar-refractivity contribution < 1.29 is 14.4 Å². The molecule has 2 aromatic carbocycles. The predicted molar refractivity (Wildman–Crippen MR) is 114 cm³/mol. The van der Waals surface area contributed by atoms with Crippen molar-refractivity contribution in [2.24, 2.45) is 5.92 Å². The molecule has 0 saturated carbocycles. The molecule has 152 valence electrons. The number of carbonyl (C=O) groups is 3. The number of likely N-dealkylation sites (tertiary alicyclic amines) is 1. The first-order valence-corrected chi connectivity index (χ1v) is 9.83. The van der Waals surface area contributed by atoms with Crippen molar-refractivity contribution in [1.82, 2.24) is 4.90 Å². The van der Waals surface area contributed by atoms with Crippen LogP contribution in [0.25, 0.3) is 0 Å². The maximum atomic E-state index is 12.5. The van der Waals surface area contributed by atoms with E-state index in [1.807, 2.05) is 45.9 Å². The molecule has 3 amide bonds. The van der Waals surface area contributed by atoms with E-state index in [-0.39, 0.29) is 36.1 Å². The topological polar surface area (TPSA) is 78.5 Å². The molecule has 6 heteroatoms. The van der Waals surface area contributed by atoms with E-state index in [0.29, 0.717) is 17.8 Å². The molecule has 1 fully saturated rings. The fourth-order valence-corrected chi connectivity index (χ4v) is 3.61. The predicted octanol–water partition coefficient (Wildman–Crippen LogP) is 3.75. The molecule has 1 saturated heterocycles. The third kappa shape index (κ3) is 5.02. The van der Waals surface area contributed by atoms with Gasteiger partial charge in [0.25, 0.3) is 5.91 Å². The summed E-state index contributed by atoms with van der Waals surface area (Å²) in [6.07, 6.45) is 0.237. The normalized spacial score (nSPS) is 16.2. The van der Waals surface area contributed by atoms with E-state index < -0.39 is 0 Å². The van der Waals surface area contributed by atoms with Crippen LogP contribution < -0.4 is 10.6 Å². The van der Waals surface area contributed by atoms with Gasteiger partial charge in [-0.1, -0.05) is 6.07 Å². The lowest BCUT2D eigenvalue weighted by Gasteiger charge is -2.20. The number of anilines is 2. The molecule has 0 aliphatic carbocycles. The Morgan fingerprint density at radius 2 is 1.59 bits per heavy atom. The van der Waals surface area contributed by atoms with Crippen LogP contribution in [0, 0.1) is 19.8 Å². The SMILES string of the molecule is Cc1cc(C)cc(NC(=O)c2ccc(NC(=O)[C@@H]3CC(=O)N(C(C)C)C3)cc2)c1. The number of carbonyl (C=O) groups excluding carboxylic acids is 3. The Morgan fingerprint density at radius 1 is 0.966 bits per heavy atom. The van der Waals surface area contributed by atoms with Crippen molar-refractivity contribution in [1.29, 1.82) is 0 Å². The third-order valence-corrected chi connectivity index (χ3v) is 5.05. The Balaban J connectivity index is 1.60. The number of hydrogen-bond donors (Lipinski definition) is 2. The molecule has 2 aromatic rings. The standard InChI is InChI=1S/C23H27N3O3/c1-14(2)26-13-18(12-21(26)27)23(29)24-19-7-5-17(6-8-19)22(28)25-20-10-15(3)9-16(4)11-20/h5-11,14,18H,12-13H2,1-4H3,(H,24,29)(H,25,28)/t18-/m1/s1. The largest absolute Gasteiger partial charge is 0.339 e. The van der Waals surface area contributed by atoms with Crippen molar-refractivity contribution in [3.05, 3.63) is 59.2 Å². The molecule has 0 aromatic heterocycles. The van der Waals surface area contributed by atoms with Crippen molar-refractivity contribution in [2.75, 3.05) is 17.2 Å². The minimum absolute atomic E-state index is 0.0126. The molecule has 1 atom stereocenters. The van der Waals surface area contributed by atoms with Crippen LogP contribution in [0.2, 0.25) is 0 Å². The molecule has 6 nitrogen and oxygen atoms in total. The zero-order valence-electron chi connectivity index (χ0n) is 17.3. The van der Waals surface area contributed by atoms with Crippen molar-refractivity contribution in [2.45, 2.75) is 40.2 Å². The highest BCUT2D eigenvalue weighted by molar-refractivity contribution is 6.05. The van der Waals surface area contributed by atoms with E-state index in [0.717, 1.165) is 16.8 Å². The number of nitrogens with zero attached hydrogens (tertiary/aromatic N) is 1. The van der Waals surface area contributed by atoms with Gasteiger partial charge in [0, 0.05) is 35.9 Å². The van der Waals surface area contributed by atoms with E-state index in [9.17, 15) is 14.4 Å². The van der Waals surface area contributed by atoms with Gasteiger partial charge in [0.2, 0.25) is 11.8 Å². The zero-order chi connectivity index (χ0) is 21.1. The van der Waals surface area contributed by atoms with Crippen LogP contribution in [0.5, 0.6) is 0 Å². The summed E-state index contributed by atoms with van der Waals surface area (Å²) >= 11 is 0. The number of aryl methyl sites for hydroxylation is 2. The Bertz CT molecular complexity index is 915. The third-order valence-electron chi connectivity index (χ3n) is 5.05. The second kappa shape index (κ2) is 8.47. The number of nitrogens with one attached hydrogen (secondary N) is 2. The summed E-state index contributed by atoms with van der Waals surface area (Å²) < 4.78 is 0. The quantitative estimate of drug-likeness (QED) is 0.812. The van der Waals surface area contributed by atoms with Gasteiger partial charge in [0.05, 0.1) is 5.92 Å². The number of benzene rings is 2. The maximum Gasteiger partial charge on any atom is 0.255 e. The lowest BCUT2D eigenvalue weighted by molar-refractivity contribution is -0.129. The molecule has 0 bridgehead atoms. The molecule has 1 heterocycles. The Morgan fingerprint density at radius 3 is 2.14 bits per heavy atom. The second-order valence-corrected chi connectivity index (χ2v) is 7.94. The van der Waals surface area contributed by atoms with Crippen molar-refractivity contribution in [3.63, 3.8) is 0 Å². The Hall–Kier alpha value is -3.15. The maximum absolute atomic E-state index is 12.5. The van der Waals surface area contributed by atoms with Gasteiger partial charge in [-0.2, -0.15) is 0 Å². The van der Waals surface area contributed by atoms with Gasteiger partial charge in [-0.3, -0.25) is 14.4 Å². The molecule has 1 aliphatic heterocycles. The van der Waals surface area contributed by atoms with Gasteiger partial charge in [0.1, 0.15) is 0 Å². The van der Waals surface area contributed by atoms with Gasteiger partial charge >= 0.3 is 0 Å². The minimum atomic E-state index is -0.350. The molecule has 0 radical (unpaired) electrons. The van der Waals surface area contributed by atoms with Gasteiger partial charge in [-0.05, 0) is 75.2 Å². The van der Waals surface area contributed by atoms with Gasteiger partial charge < -0.3 is 15.5 Å². The molecule has 1 aliphatic rings. The molecular weight excluding hydrogens is 366 g/mol. The average molecular weight is 393 g/mol. The van der Waals surface area contributed by atoms with E-state index in [1.165, 1.54) is 0 Å². The van der Waals surface area contributed by atoms with E-state index in [4.69, 9.17) is 0 Å². The molecule has 3 rings (SSSR count). The van der Waals surface area contributed by atoms with Crippen LogP contribution in [-0.4, -0.2) is 35.2 Å². The summed E-state index contributed by atoms with van der Waals surface area (Å²) in [4.78, 5) is 38.7. The summed E-state index contributed by atoms with van der Waals surface area (Å²) in [7, 11) is 0. The highest BCUT2D eigenvalue weighted by Crippen LogP contribution is 2.22. The second-order valence-electron chi connectivity index (χ2n) is 7.94. The van der Waals surface area contributed by atoms with Crippen LogP contribution in [0.1, 0.15) is 41.8 Å². The Kier molecular flexibility index (Phi) is 6.01. The van der Waals surface area contributed by atoms with Crippen LogP contribution >= 0.6 is 0 Å².